The number of carbonyl (C=O) groups excluding carboxylic acids is 2. The van der Waals surface area contributed by atoms with Crippen molar-refractivity contribution in [3.63, 3.8) is 0 Å². The fraction of sp³-hybridized carbons (Fsp3) is 0.389. The van der Waals surface area contributed by atoms with Crippen molar-refractivity contribution in [2.24, 2.45) is 0 Å². The van der Waals surface area contributed by atoms with E-state index in [1.165, 1.54) is 18.9 Å². The van der Waals surface area contributed by atoms with E-state index in [-0.39, 0.29) is 5.78 Å². The van der Waals surface area contributed by atoms with Gasteiger partial charge in [-0.2, -0.15) is 4.98 Å². The molecule has 0 aliphatic rings. The number of fused-ring (bicyclic) bond motifs is 1. The molecule has 142 valence electrons. The van der Waals surface area contributed by atoms with E-state index in [9.17, 15) is 9.59 Å². The molecule has 8 nitrogen and oxygen atoms in total. The predicted molar refractivity (Wildman–Crippen MR) is 102 cm³/mol. The lowest BCUT2D eigenvalue weighted by Gasteiger charge is -2.07. The second-order valence-corrected chi connectivity index (χ2v) is 7.69. The van der Waals surface area contributed by atoms with Gasteiger partial charge in [0.05, 0.1) is 23.6 Å². The third kappa shape index (κ3) is 3.46. The van der Waals surface area contributed by atoms with Crippen LogP contribution in [-0.4, -0.2) is 48.7 Å². The van der Waals surface area contributed by atoms with E-state index < -0.39 is 11.2 Å². The Morgan fingerprint density at radius 2 is 1.93 bits per heavy atom. The number of rotatable bonds is 5. The van der Waals surface area contributed by atoms with Crippen LogP contribution in [0.1, 0.15) is 50.4 Å². The number of hydrogen-bond donors (Lipinski definition) is 1. The second kappa shape index (κ2) is 7.15. The molecule has 3 aromatic heterocycles. The molecule has 27 heavy (non-hydrogen) atoms. The molecule has 0 fully saturated rings. The van der Waals surface area contributed by atoms with E-state index >= 15 is 0 Å². The lowest BCUT2D eigenvalue weighted by Crippen LogP contribution is -2.15. The van der Waals surface area contributed by atoms with Crippen LogP contribution in [0.4, 0.5) is 0 Å². The Morgan fingerprint density at radius 3 is 2.59 bits per heavy atom. The molecule has 0 radical (unpaired) electrons. The molecule has 0 saturated carbocycles. The lowest BCUT2D eigenvalue weighted by molar-refractivity contribution is 0.0599. The van der Waals surface area contributed by atoms with Gasteiger partial charge in [0.15, 0.2) is 5.78 Å². The zero-order valence-electron chi connectivity index (χ0n) is 16.1. The lowest BCUT2D eigenvalue weighted by atomic mass is 10.1. The Hall–Kier alpha value is -2.68. The molecular formula is C18H21N5O3S. The molecule has 3 aromatic rings. The summed E-state index contributed by atoms with van der Waals surface area (Å²) >= 11 is 1.26. The van der Waals surface area contributed by atoms with E-state index in [0.29, 0.717) is 33.4 Å². The van der Waals surface area contributed by atoms with Crippen LogP contribution < -0.4 is 0 Å². The summed E-state index contributed by atoms with van der Waals surface area (Å²) in [7, 11) is 1.32. The Labute approximate surface area is 160 Å². The average Bonchev–Trinajstić information content (AvgIpc) is 3.13. The maximum atomic E-state index is 12.9. The van der Waals surface area contributed by atoms with Gasteiger partial charge in [0, 0.05) is 17.1 Å². The standard InChI is InChI=1S/C18H21N5O3S/c1-8-7-9(2)23-17(19-8)21-18(22-23)27-12(5)15(24)14-10(3)13(11(4)20-14)16(25)26-6/h7,12,20H,1-6H3/t12-/m1/s1. The minimum atomic E-state index is -0.459. The van der Waals surface area contributed by atoms with Crippen molar-refractivity contribution in [1.29, 1.82) is 0 Å². The number of ketones is 1. The minimum absolute atomic E-state index is 0.129. The van der Waals surface area contributed by atoms with Crippen LogP contribution in [0.5, 0.6) is 0 Å². The van der Waals surface area contributed by atoms with Gasteiger partial charge in [-0.15, -0.1) is 5.10 Å². The van der Waals surface area contributed by atoms with Crippen molar-refractivity contribution >= 4 is 29.3 Å². The molecule has 0 amide bonds. The van der Waals surface area contributed by atoms with Gasteiger partial charge in [-0.25, -0.2) is 14.3 Å². The first-order chi connectivity index (χ1) is 12.7. The Balaban J connectivity index is 1.87. The van der Waals surface area contributed by atoms with Crippen LogP contribution >= 0.6 is 11.8 Å². The summed E-state index contributed by atoms with van der Waals surface area (Å²) in [5, 5.41) is 4.46. The number of aryl methyl sites for hydroxylation is 3. The van der Waals surface area contributed by atoms with Gasteiger partial charge in [-0.05, 0) is 46.2 Å². The zero-order chi connectivity index (χ0) is 19.9. The van der Waals surface area contributed by atoms with Crippen LogP contribution in [-0.2, 0) is 4.74 Å². The molecule has 0 unspecified atom stereocenters. The molecule has 1 N–H and O–H groups in total. The van der Waals surface area contributed by atoms with Gasteiger partial charge < -0.3 is 9.72 Å². The van der Waals surface area contributed by atoms with Gasteiger partial charge >= 0.3 is 5.97 Å². The molecule has 3 heterocycles. The third-order valence-electron chi connectivity index (χ3n) is 4.32. The maximum absolute atomic E-state index is 12.9. The van der Waals surface area contributed by atoms with E-state index in [4.69, 9.17) is 4.74 Å². The highest BCUT2D eigenvalue weighted by Crippen LogP contribution is 2.26. The van der Waals surface area contributed by atoms with E-state index in [0.717, 1.165) is 11.4 Å². The molecule has 3 rings (SSSR count). The summed E-state index contributed by atoms with van der Waals surface area (Å²) in [4.78, 5) is 36.6. The van der Waals surface area contributed by atoms with E-state index in [1.807, 2.05) is 19.9 Å². The molecule has 9 heteroatoms. The van der Waals surface area contributed by atoms with Gasteiger partial charge in [0.1, 0.15) is 0 Å². The molecule has 1 atom stereocenters. The van der Waals surface area contributed by atoms with Crippen molar-refractivity contribution in [1.82, 2.24) is 24.6 Å². The Bertz CT molecular complexity index is 1050. The number of methoxy groups -OCH3 is 1. The maximum Gasteiger partial charge on any atom is 0.339 e. The summed E-state index contributed by atoms with van der Waals surface area (Å²) in [6.07, 6.45) is 0. The van der Waals surface area contributed by atoms with Gasteiger partial charge in [-0.1, -0.05) is 11.8 Å². The number of hydrogen-bond acceptors (Lipinski definition) is 7. The van der Waals surface area contributed by atoms with Gasteiger partial charge in [0.25, 0.3) is 5.78 Å². The largest absolute Gasteiger partial charge is 0.465 e. The Kier molecular flexibility index (Phi) is 5.05. The second-order valence-electron chi connectivity index (χ2n) is 6.39. The molecular weight excluding hydrogens is 366 g/mol. The number of aromatic nitrogens is 5. The third-order valence-corrected chi connectivity index (χ3v) is 5.28. The van der Waals surface area contributed by atoms with Crippen LogP contribution in [0, 0.1) is 27.7 Å². The highest BCUT2D eigenvalue weighted by atomic mass is 32.2. The number of nitrogens with one attached hydrogen (secondary N) is 1. The van der Waals surface area contributed by atoms with Gasteiger partial charge in [0.2, 0.25) is 5.16 Å². The predicted octanol–water partition coefficient (Wildman–Crippen LogP) is 2.84. The number of esters is 1. The van der Waals surface area contributed by atoms with Crippen LogP contribution in [0.25, 0.3) is 5.78 Å². The summed E-state index contributed by atoms with van der Waals surface area (Å²) in [5.74, 6) is -0.0791. The number of ether oxygens (including phenoxy) is 1. The van der Waals surface area contributed by atoms with Crippen molar-refractivity contribution in [3.8, 4) is 0 Å². The van der Waals surface area contributed by atoms with Crippen molar-refractivity contribution in [3.05, 3.63) is 40.0 Å². The van der Waals surface area contributed by atoms with Crippen LogP contribution in [0.15, 0.2) is 11.2 Å². The number of Topliss-reactive ketones (excluding diaryl/α,β-unsaturated/α-hetero) is 1. The number of thioether (sulfide) groups is 1. The van der Waals surface area contributed by atoms with Crippen LogP contribution in [0.3, 0.4) is 0 Å². The van der Waals surface area contributed by atoms with Crippen molar-refractivity contribution in [2.75, 3.05) is 7.11 Å². The molecule has 0 aliphatic heterocycles. The smallest absolute Gasteiger partial charge is 0.339 e. The summed E-state index contributed by atoms with van der Waals surface area (Å²) in [6.45, 7) is 9.10. The number of H-pyrrole nitrogens is 1. The van der Waals surface area contributed by atoms with E-state index in [1.54, 1.807) is 25.3 Å². The monoisotopic (exact) mass is 387 g/mol. The topological polar surface area (TPSA) is 102 Å². The first kappa shape index (κ1) is 19.1. The summed E-state index contributed by atoms with van der Waals surface area (Å²) < 4.78 is 6.46. The minimum Gasteiger partial charge on any atom is -0.465 e. The van der Waals surface area contributed by atoms with Crippen LogP contribution in [0.2, 0.25) is 0 Å². The van der Waals surface area contributed by atoms with Crippen molar-refractivity contribution in [2.45, 2.75) is 45.0 Å². The average molecular weight is 387 g/mol. The molecule has 0 bridgehead atoms. The Morgan fingerprint density at radius 1 is 1.22 bits per heavy atom. The number of aromatic amines is 1. The fourth-order valence-corrected chi connectivity index (χ4v) is 3.82. The molecule has 0 spiro atoms. The molecule has 0 aromatic carbocycles. The normalized spacial score (nSPS) is 12.4. The number of nitrogens with zero attached hydrogens (tertiary/aromatic N) is 4. The zero-order valence-corrected chi connectivity index (χ0v) is 16.9. The summed E-state index contributed by atoms with van der Waals surface area (Å²) in [6, 6.07) is 1.92. The first-order valence-electron chi connectivity index (χ1n) is 8.42. The van der Waals surface area contributed by atoms with Gasteiger partial charge in [-0.3, -0.25) is 4.79 Å². The first-order valence-corrected chi connectivity index (χ1v) is 9.30. The quantitative estimate of drug-likeness (QED) is 0.408. The highest BCUT2D eigenvalue weighted by molar-refractivity contribution is 8.00. The van der Waals surface area contributed by atoms with E-state index in [2.05, 4.69) is 20.1 Å². The summed E-state index contributed by atoms with van der Waals surface area (Å²) in [5.41, 5.74) is 3.80. The SMILES string of the molecule is COC(=O)c1c(C)[nH]c(C(=O)[C@@H](C)Sc2nc3nc(C)cc(C)n3n2)c1C. The number of carbonyl (C=O) groups is 2. The highest BCUT2D eigenvalue weighted by Gasteiger charge is 2.26. The molecule has 0 aliphatic carbocycles. The van der Waals surface area contributed by atoms with Crippen molar-refractivity contribution < 1.29 is 14.3 Å². The fourth-order valence-electron chi connectivity index (χ4n) is 3.02. The molecule has 0 saturated heterocycles.